The first kappa shape index (κ1) is 18.7. The summed E-state index contributed by atoms with van der Waals surface area (Å²) in [5.41, 5.74) is 4.98. The highest BCUT2D eigenvalue weighted by atomic mass is 35.5. The van der Waals surface area contributed by atoms with E-state index in [9.17, 15) is 5.11 Å². The lowest BCUT2D eigenvalue weighted by molar-refractivity contribution is -0.179. The molecule has 4 saturated carbocycles. The Balaban J connectivity index is 1.54. The molecule has 0 spiro atoms. The van der Waals surface area contributed by atoms with Gasteiger partial charge >= 0.3 is 0 Å². The van der Waals surface area contributed by atoms with E-state index in [-0.39, 0.29) is 0 Å². The van der Waals surface area contributed by atoms with Crippen LogP contribution in [0, 0.1) is 23.7 Å². The van der Waals surface area contributed by atoms with Crippen LogP contribution in [0.2, 0.25) is 5.02 Å². The van der Waals surface area contributed by atoms with E-state index >= 15 is 0 Å². The summed E-state index contributed by atoms with van der Waals surface area (Å²) in [7, 11) is 0. The first-order valence-corrected chi connectivity index (χ1v) is 11.7. The molecule has 0 atom stereocenters. The Bertz CT molecular complexity index is 1060. The third-order valence-corrected chi connectivity index (χ3v) is 8.33. The number of aliphatic hydroxyl groups is 1. The summed E-state index contributed by atoms with van der Waals surface area (Å²) in [6, 6.07) is 25.2. The molecule has 1 N–H and O–H groups in total. The predicted molar refractivity (Wildman–Crippen MR) is 123 cm³/mol. The smallest absolute Gasteiger partial charge is 0.0958 e. The first-order chi connectivity index (χ1) is 14.6. The van der Waals surface area contributed by atoms with Crippen molar-refractivity contribution >= 4 is 11.6 Å². The van der Waals surface area contributed by atoms with Gasteiger partial charge in [0.05, 0.1) is 5.60 Å². The molecular weight excluding hydrogens is 388 g/mol. The van der Waals surface area contributed by atoms with Gasteiger partial charge in [0, 0.05) is 5.02 Å². The Morgan fingerprint density at radius 2 is 1.27 bits per heavy atom. The third-order valence-electron chi connectivity index (χ3n) is 8.10. The van der Waals surface area contributed by atoms with Gasteiger partial charge in [-0.2, -0.15) is 0 Å². The molecule has 4 aliphatic carbocycles. The molecule has 0 saturated heterocycles. The maximum atomic E-state index is 12.3. The molecule has 2 heteroatoms. The Hall–Kier alpha value is -2.09. The lowest BCUT2D eigenvalue weighted by Crippen LogP contribution is -2.55. The zero-order valence-electron chi connectivity index (χ0n) is 17.1. The average molecular weight is 415 g/mol. The van der Waals surface area contributed by atoms with Crippen molar-refractivity contribution in [3.05, 3.63) is 83.4 Å². The minimum absolute atomic E-state index is 0.373. The second-order valence-electron chi connectivity index (χ2n) is 9.73. The lowest BCUT2D eigenvalue weighted by Gasteiger charge is -2.59. The van der Waals surface area contributed by atoms with Crippen LogP contribution < -0.4 is 0 Å². The summed E-state index contributed by atoms with van der Waals surface area (Å²) in [5.74, 6) is 2.38. The Morgan fingerprint density at radius 1 is 0.667 bits per heavy atom. The fourth-order valence-electron chi connectivity index (χ4n) is 7.02. The van der Waals surface area contributed by atoms with Crippen molar-refractivity contribution in [3.8, 4) is 22.3 Å². The van der Waals surface area contributed by atoms with Crippen molar-refractivity contribution in [2.24, 2.45) is 23.7 Å². The van der Waals surface area contributed by atoms with E-state index in [4.69, 9.17) is 11.6 Å². The molecule has 3 aromatic carbocycles. The first-order valence-electron chi connectivity index (χ1n) is 11.3. The molecule has 0 amide bonds. The molecule has 4 aliphatic rings. The van der Waals surface area contributed by atoms with Gasteiger partial charge in [0.1, 0.15) is 0 Å². The molecule has 4 fully saturated rings. The highest BCUT2D eigenvalue weighted by Crippen LogP contribution is 2.62. The molecule has 3 aromatic rings. The van der Waals surface area contributed by atoms with Gasteiger partial charge in [-0.05, 0) is 95.7 Å². The summed E-state index contributed by atoms with van der Waals surface area (Å²) in [6.07, 6.45) is 6.07. The largest absolute Gasteiger partial charge is 0.385 e. The number of halogens is 1. The van der Waals surface area contributed by atoms with E-state index < -0.39 is 5.60 Å². The monoisotopic (exact) mass is 414 g/mol. The molecule has 7 rings (SSSR count). The Kier molecular flexibility index (Phi) is 4.34. The van der Waals surface area contributed by atoms with Gasteiger partial charge < -0.3 is 5.11 Å². The second-order valence-corrected chi connectivity index (χ2v) is 10.2. The van der Waals surface area contributed by atoms with Crippen LogP contribution in [0.15, 0.2) is 72.8 Å². The van der Waals surface area contributed by atoms with Crippen LogP contribution >= 0.6 is 11.6 Å². The van der Waals surface area contributed by atoms with E-state index in [0.717, 1.165) is 33.5 Å². The summed E-state index contributed by atoms with van der Waals surface area (Å²) in [4.78, 5) is 0. The van der Waals surface area contributed by atoms with Gasteiger partial charge in [-0.1, -0.05) is 72.3 Å². The molecule has 0 aromatic heterocycles. The van der Waals surface area contributed by atoms with Gasteiger partial charge in [0.2, 0.25) is 0 Å². The van der Waals surface area contributed by atoms with Crippen LogP contribution in [0.5, 0.6) is 0 Å². The van der Waals surface area contributed by atoms with Crippen LogP contribution in [-0.2, 0) is 5.60 Å². The maximum Gasteiger partial charge on any atom is 0.0958 e. The zero-order valence-corrected chi connectivity index (χ0v) is 17.9. The minimum Gasteiger partial charge on any atom is -0.385 e. The topological polar surface area (TPSA) is 20.2 Å². The number of rotatable bonds is 3. The van der Waals surface area contributed by atoms with Crippen LogP contribution in [-0.4, -0.2) is 5.11 Å². The van der Waals surface area contributed by atoms with Gasteiger partial charge in [-0.3, -0.25) is 0 Å². The summed E-state index contributed by atoms with van der Waals surface area (Å²) in [6.45, 7) is 0. The van der Waals surface area contributed by atoms with Gasteiger partial charge in [-0.25, -0.2) is 0 Å². The van der Waals surface area contributed by atoms with Gasteiger partial charge in [0.25, 0.3) is 0 Å². The fourth-order valence-corrected chi connectivity index (χ4v) is 7.19. The predicted octanol–water partition coefficient (Wildman–Crippen LogP) is 7.32. The van der Waals surface area contributed by atoms with E-state index in [0.29, 0.717) is 11.8 Å². The van der Waals surface area contributed by atoms with E-state index in [1.807, 2.05) is 12.1 Å². The van der Waals surface area contributed by atoms with Crippen LogP contribution in [0.25, 0.3) is 22.3 Å². The summed E-state index contributed by atoms with van der Waals surface area (Å²) in [5, 5.41) is 13.0. The van der Waals surface area contributed by atoms with Crippen LogP contribution in [0.1, 0.15) is 37.7 Å². The molecule has 30 heavy (non-hydrogen) atoms. The van der Waals surface area contributed by atoms with Crippen molar-refractivity contribution in [1.82, 2.24) is 0 Å². The van der Waals surface area contributed by atoms with Crippen molar-refractivity contribution in [3.63, 3.8) is 0 Å². The number of hydrogen-bond donors (Lipinski definition) is 1. The van der Waals surface area contributed by atoms with E-state index in [1.165, 1.54) is 43.2 Å². The molecule has 1 nitrogen and oxygen atoms in total. The van der Waals surface area contributed by atoms with Crippen molar-refractivity contribution in [2.45, 2.75) is 37.7 Å². The maximum absolute atomic E-state index is 12.3. The van der Waals surface area contributed by atoms with E-state index in [1.54, 1.807) is 0 Å². The number of benzene rings is 3. The highest BCUT2D eigenvalue weighted by Gasteiger charge is 2.57. The Morgan fingerprint density at radius 3 is 1.93 bits per heavy atom. The molecule has 0 heterocycles. The molecule has 0 unspecified atom stereocenters. The quantitative estimate of drug-likeness (QED) is 0.476. The highest BCUT2D eigenvalue weighted by molar-refractivity contribution is 6.31. The van der Waals surface area contributed by atoms with Crippen molar-refractivity contribution in [1.29, 1.82) is 0 Å². The lowest BCUT2D eigenvalue weighted by atomic mass is 9.48. The summed E-state index contributed by atoms with van der Waals surface area (Å²) < 4.78 is 0. The molecule has 0 aliphatic heterocycles. The molecule has 4 bridgehead atoms. The SMILES string of the molecule is OC1(c2ccc(Cl)cc2-c2ccccc2-c2ccccc2)C2CC3CC(C2)CC1C3. The second kappa shape index (κ2) is 6.97. The van der Waals surface area contributed by atoms with Crippen molar-refractivity contribution in [2.75, 3.05) is 0 Å². The zero-order chi connectivity index (χ0) is 20.3. The molecular formula is C28H27ClO. The molecule has 152 valence electrons. The van der Waals surface area contributed by atoms with E-state index in [2.05, 4.69) is 60.7 Å². The minimum atomic E-state index is -0.739. The third kappa shape index (κ3) is 2.79. The van der Waals surface area contributed by atoms with Gasteiger partial charge in [0.15, 0.2) is 0 Å². The normalized spacial score (nSPS) is 31.8. The van der Waals surface area contributed by atoms with Gasteiger partial charge in [-0.15, -0.1) is 0 Å². The van der Waals surface area contributed by atoms with Crippen LogP contribution in [0.3, 0.4) is 0 Å². The number of hydrogen-bond acceptors (Lipinski definition) is 1. The van der Waals surface area contributed by atoms with Crippen molar-refractivity contribution < 1.29 is 5.11 Å². The summed E-state index contributed by atoms with van der Waals surface area (Å²) >= 11 is 6.52. The Labute approximate surface area is 183 Å². The standard InChI is InChI=1S/C28H27ClO/c29-23-10-11-27(28(30)21-13-18-12-19(15-21)16-22(28)14-18)26(17-23)25-9-5-4-8-24(25)20-6-2-1-3-7-20/h1-11,17-19,21-22,30H,12-16H2. The molecule has 0 radical (unpaired) electrons. The fraction of sp³-hybridized carbons (Fsp3) is 0.357. The van der Waals surface area contributed by atoms with Crippen LogP contribution in [0.4, 0.5) is 0 Å². The average Bonchev–Trinajstić information content (AvgIpc) is 2.77.